The van der Waals surface area contributed by atoms with Gasteiger partial charge in [0.2, 0.25) is 10.0 Å². The average Bonchev–Trinajstić information content (AvgIpc) is 3.15. The number of para-hydroxylation sites is 1. The fourth-order valence-electron chi connectivity index (χ4n) is 3.90. The maximum absolute atomic E-state index is 12.8. The summed E-state index contributed by atoms with van der Waals surface area (Å²) in [6.45, 7) is 9.76. The fourth-order valence-corrected chi connectivity index (χ4v) is 5.30. The van der Waals surface area contributed by atoms with E-state index in [-0.39, 0.29) is 16.4 Å². The molecule has 0 unspecified atom stereocenters. The van der Waals surface area contributed by atoms with E-state index in [2.05, 4.69) is 36.8 Å². The van der Waals surface area contributed by atoms with Crippen LogP contribution < -0.4 is 4.74 Å². The Morgan fingerprint density at radius 1 is 1.20 bits per heavy atom. The van der Waals surface area contributed by atoms with E-state index < -0.39 is 10.0 Å². The number of ether oxygens (including phenoxy) is 1. The highest BCUT2D eigenvalue weighted by molar-refractivity contribution is 7.89. The Kier molecular flexibility index (Phi) is 6.89. The van der Waals surface area contributed by atoms with Gasteiger partial charge in [0.1, 0.15) is 17.3 Å². The highest BCUT2D eigenvalue weighted by Crippen LogP contribution is 2.31. The number of benzene rings is 1. The second-order valence-corrected chi connectivity index (χ2v) is 11.0. The zero-order valence-corrected chi connectivity index (χ0v) is 19.5. The maximum Gasteiger partial charge on any atom is 0.246 e. The number of hydrogen-bond acceptors (Lipinski definition) is 5. The quantitative estimate of drug-likeness (QED) is 0.670. The van der Waals surface area contributed by atoms with Crippen molar-refractivity contribution in [2.75, 3.05) is 33.3 Å². The van der Waals surface area contributed by atoms with Crippen molar-refractivity contribution in [2.24, 2.45) is 7.05 Å². The van der Waals surface area contributed by atoms with E-state index in [0.717, 1.165) is 38.2 Å². The van der Waals surface area contributed by atoms with Gasteiger partial charge >= 0.3 is 0 Å². The summed E-state index contributed by atoms with van der Waals surface area (Å²) in [5.74, 6) is 0.946. The number of aromatic nitrogens is 2. The van der Waals surface area contributed by atoms with E-state index in [9.17, 15) is 8.42 Å². The van der Waals surface area contributed by atoms with Crippen LogP contribution in [0.25, 0.3) is 0 Å². The van der Waals surface area contributed by atoms with Gasteiger partial charge in [-0.05, 0) is 43.0 Å². The average molecular weight is 435 g/mol. The summed E-state index contributed by atoms with van der Waals surface area (Å²) in [6, 6.07) is 8.22. The molecule has 0 aliphatic carbocycles. The molecule has 0 spiro atoms. The second kappa shape index (κ2) is 9.08. The Bertz CT molecular complexity index is 941. The Morgan fingerprint density at radius 2 is 1.87 bits per heavy atom. The molecule has 0 amide bonds. The molecule has 2 aromatic rings. The van der Waals surface area contributed by atoms with Crippen molar-refractivity contribution in [3.63, 3.8) is 0 Å². The fraction of sp³-hybridized carbons (Fsp3) is 0.591. The van der Waals surface area contributed by atoms with Crippen molar-refractivity contribution in [3.05, 3.63) is 42.2 Å². The first-order valence-electron chi connectivity index (χ1n) is 10.5. The monoisotopic (exact) mass is 434 g/mol. The Balaban J connectivity index is 1.50. The molecule has 1 saturated heterocycles. The van der Waals surface area contributed by atoms with Gasteiger partial charge in [-0.15, -0.1) is 0 Å². The van der Waals surface area contributed by atoms with E-state index in [4.69, 9.17) is 4.74 Å². The molecule has 1 aromatic heterocycles. The summed E-state index contributed by atoms with van der Waals surface area (Å²) < 4.78 is 34.7. The first-order chi connectivity index (χ1) is 14.1. The summed E-state index contributed by atoms with van der Waals surface area (Å²) in [4.78, 5) is 2.60. The third-order valence-corrected chi connectivity index (χ3v) is 7.65. The van der Waals surface area contributed by atoms with Crippen LogP contribution in [0, 0.1) is 0 Å². The van der Waals surface area contributed by atoms with Crippen molar-refractivity contribution >= 4 is 10.0 Å². The standard InChI is InChI=1S/C22H34N4O3S/c1-22(2,3)20-8-6-7-9-21(20)29-15-14-26-12-10-18(11-13-26)25(5)30(27,28)19-16-23-24(4)17-19/h6-9,16-18H,10-15H2,1-5H3. The molecule has 1 fully saturated rings. The zero-order valence-electron chi connectivity index (χ0n) is 18.7. The third kappa shape index (κ3) is 5.22. The van der Waals surface area contributed by atoms with Crippen molar-refractivity contribution in [2.45, 2.75) is 50.0 Å². The topological polar surface area (TPSA) is 67.7 Å². The molecule has 0 atom stereocenters. The molecule has 1 aliphatic heterocycles. The third-order valence-electron chi connectivity index (χ3n) is 5.79. The second-order valence-electron chi connectivity index (χ2n) is 9.04. The van der Waals surface area contributed by atoms with Gasteiger partial charge in [0.05, 0.1) is 6.20 Å². The van der Waals surface area contributed by atoms with Crippen LogP contribution in [0.5, 0.6) is 5.75 Å². The minimum Gasteiger partial charge on any atom is -0.492 e. The first-order valence-corrected chi connectivity index (χ1v) is 11.9. The Labute approximate surface area is 180 Å². The molecular formula is C22H34N4O3S. The van der Waals surface area contributed by atoms with Crippen LogP contribution in [-0.2, 0) is 22.5 Å². The molecule has 2 heterocycles. The smallest absolute Gasteiger partial charge is 0.246 e. The summed E-state index contributed by atoms with van der Waals surface area (Å²) in [7, 11) is -0.103. The predicted molar refractivity (Wildman–Crippen MR) is 118 cm³/mol. The molecule has 8 heteroatoms. The van der Waals surface area contributed by atoms with Gasteiger partial charge in [-0.3, -0.25) is 9.58 Å². The lowest BCUT2D eigenvalue weighted by Gasteiger charge is -2.36. The Morgan fingerprint density at radius 3 is 2.47 bits per heavy atom. The molecule has 0 N–H and O–H groups in total. The summed E-state index contributed by atoms with van der Waals surface area (Å²) >= 11 is 0. The molecule has 166 valence electrons. The Hall–Kier alpha value is -1.90. The normalized spacial score (nSPS) is 16.9. The van der Waals surface area contributed by atoms with E-state index in [0.29, 0.717) is 6.61 Å². The van der Waals surface area contributed by atoms with Gasteiger partial charge in [0.25, 0.3) is 0 Å². The van der Waals surface area contributed by atoms with Gasteiger partial charge < -0.3 is 4.74 Å². The molecule has 0 radical (unpaired) electrons. The van der Waals surface area contributed by atoms with Crippen LogP contribution in [-0.4, -0.2) is 66.7 Å². The number of sulfonamides is 1. The van der Waals surface area contributed by atoms with Crippen LogP contribution in [0.2, 0.25) is 0 Å². The minimum atomic E-state index is -3.50. The van der Waals surface area contributed by atoms with Gasteiger partial charge in [-0.1, -0.05) is 39.0 Å². The van der Waals surface area contributed by atoms with Crippen LogP contribution in [0.1, 0.15) is 39.2 Å². The highest BCUT2D eigenvalue weighted by atomic mass is 32.2. The van der Waals surface area contributed by atoms with Gasteiger partial charge in [-0.2, -0.15) is 9.40 Å². The van der Waals surface area contributed by atoms with Crippen LogP contribution in [0.15, 0.2) is 41.6 Å². The summed E-state index contributed by atoms with van der Waals surface area (Å²) in [5.41, 5.74) is 1.25. The zero-order chi connectivity index (χ0) is 21.9. The maximum atomic E-state index is 12.8. The van der Waals surface area contributed by atoms with E-state index in [1.807, 2.05) is 18.2 Å². The van der Waals surface area contributed by atoms with Gasteiger partial charge in [0.15, 0.2) is 0 Å². The summed E-state index contributed by atoms with van der Waals surface area (Å²) in [6.07, 6.45) is 4.59. The molecule has 3 rings (SSSR count). The van der Waals surface area contributed by atoms with Crippen LogP contribution in [0.4, 0.5) is 0 Å². The van der Waals surface area contributed by atoms with Crippen molar-refractivity contribution in [1.29, 1.82) is 0 Å². The molecular weight excluding hydrogens is 400 g/mol. The van der Waals surface area contributed by atoms with Gasteiger partial charge in [0, 0.05) is 32.9 Å². The lowest BCUT2D eigenvalue weighted by Crippen LogP contribution is -2.46. The van der Waals surface area contributed by atoms with Crippen molar-refractivity contribution < 1.29 is 13.2 Å². The number of hydrogen-bond donors (Lipinski definition) is 0. The number of piperidine rings is 1. The number of nitrogens with zero attached hydrogens (tertiary/aromatic N) is 4. The molecule has 7 nitrogen and oxygen atoms in total. The summed E-state index contributed by atoms with van der Waals surface area (Å²) in [5, 5.41) is 3.99. The van der Waals surface area contributed by atoms with E-state index in [1.165, 1.54) is 20.7 Å². The predicted octanol–water partition coefficient (Wildman–Crippen LogP) is 2.88. The van der Waals surface area contributed by atoms with Crippen molar-refractivity contribution in [3.8, 4) is 5.75 Å². The van der Waals surface area contributed by atoms with E-state index in [1.54, 1.807) is 20.3 Å². The lowest BCUT2D eigenvalue weighted by molar-refractivity contribution is 0.145. The van der Waals surface area contributed by atoms with Gasteiger partial charge in [-0.25, -0.2) is 8.42 Å². The minimum absolute atomic E-state index is 0.00833. The largest absolute Gasteiger partial charge is 0.492 e. The molecule has 30 heavy (non-hydrogen) atoms. The number of rotatable bonds is 7. The molecule has 0 saturated carbocycles. The molecule has 0 bridgehead atoms. The molecule has 1 aromatic carbocycles. The van der Waals surface area contributed by atoms with E-state index >= 15 is 0 Å². The highest BCUT2D eigenvalue weighted by Gasteiger charge is 2.31. The lowest BCUT2D eigenvalue weighted by atomic mass is 9.86. The molecule has 1 aliphatic rings. The van der Waals surface area contributed by atoms with Crippen LogP contribution in [0.3, 0.4) is 0 Å². The SMILES string of the molecule is CN(C1CCN(CCOc2ccccc2C(C)(C)C)CC1)S(=O)(=O)c1cnn(C)c1. The van der Waals surface area contributed by atoms with Crippen molar-refractivity contribution in [1.82, 2.24) is 19.0 Å². The number of aryl methyl sites for hydroxylation is 1. The first kappa shape index (κ1) is 22.8. The van der Waals surface area contributed by atoms with Crippen LogP contribution >= 0.6 is 0 Å². The number of likely N-dealkylation sites (tertiary alicyclic amines) is 1.